The van der Waals surface area contributed by atoms with Crippen molar-refractivity contribution in [2.45, 2.75) is 19.4 Å². The van der Waals surface area contributed by atoms with Crippen LogP contribution in [-0.4, -0.2) is 19.3 Å². The van der Waals surface area contributed by atoms with Gasteiger partial charge in [-0.15, -0.1) is 0 Å². The van der Waals surface area contributed by atoms with Crippen molar-refractivity contribution >= 4 is 12.2 Å². The molecule has 1 aromatic carbocycles. The lowest BCUT2D eigenvalue weighted by atomic mass is 10.2. The summed E-state index contributed by atoms with van der Waals surface area (Å²) >= 11 is 0. The van der Waals surface area contributed by atoms with Crippen LogP contribution in [0.2, 0.25) is 0 Å². The lowest BCUT2D eigenvalue weighted by molar-refractivity contribution is -0.140. The first-order chi connectivity index (χ1) is 7.83. The van der Waals surface area contributed by atoms with Crippen molar-refractivity contribution in [1.82, 2.24) is 0 Å². The Balaban J connectivity index is 2.11. The third-order valence-corrected chi connectivity index (χ3v) is 1.93. The SMILES string of the molecule is COC(=O)CCC=NOCc1ccccc1. The van der Waals surface area contributed by atoms with Crippen LogP contribution in [0.15, 0.2) is 35.5 Å². The highest BCUT2D eigenvalue weighted by molar-refractivity contribution is 5.73. The predicted octanol–water partition coefficient (Wildman–Crippen LogP) is 2.14. The van der Waals surface area contributed by atoms with Gasteiger partial charge < -0.3 is 9.57 Å². The first kappa shape index (κ1) is 12.2. The Labute approximate surface area is 94.9 Å². The summed E-state index contributed by atoms with van der Waals surface area (Å²) < 4.78 is 4.48. The van der Waals surface area contributed by atoms with Crippen LogP contribution in [-0.2, 0) is 21.0 Å². The van der Waals surface area contributed by atoms with Gasteiger partial charge in [0.1, 0.15) is 6.61 Å². The molecule has 0 N–H and O–H groups in total. The molecule has 0 saturated carbocycles. The molecule has 1 aromatic rings. The van der Waals surface area contributed by atoms with Crippen LogP contribution in [0.4, 0.5) is 0 Å². The van der Waals surface area contributed by atoms with E-state index in [0.717, 1.165) is 5.56 Å². The molecule has 1 rings (SSSR count). The zero-order valence-corrected chi connectivity index (χ0v) is 9.26. The molecular formula is C12H15NO3. The lowest BCUT2D eigenvalue weighted by Crippen LogP contribution is -1.99. The number of hydrogen-bond acceptors (Lipinski definition) is 4. The summed E-state index contributed by atoms with van der Waals surface area (Å²) in [4.78, 5) is 15.8. The molecule has 4 heteroatoms. The van der Waals surface area contributed by atoms with Gasteiger partial charge in [0.15, 0.2) is 0 Å². The van der Waals surface area contributed by atoms with E-state index in [0.29, 0.717) is 19.4 Å². The van der Waals surface area contributed by atoms with Crippen LogP contribution in [0.5, 0.6) is 0 Å². The summed E-state index contributed by atoms with van der Waals surface area (Å²) in [5.74, 6) is -0.241. The minimum Gasteiger partial charge on any atom is -0.469 e. The number of methoxy groups -OCH3 is 1. The van der Waals surface area contributed by atoms with Crippen LogP contribution >= 0.6 is 0 Å². The highest BCUT2D eigenvalue weighted by Crippen LogP contribution is 2.00. The molecule has 4 nitrogen and oxygen atoms in total. The molecule has 0 aromatic heterocycles. The molecule has 0 saturated heterocycles. The van der Waals surface area contributed by atoms with Crippen molar-refractivity contribution in [3.8, 4) is 0 Å². The minimum atomic E-state index is -0.241. The van der Waals surface area contributed by atoms with Gasteiger partial charge in [-0.3, -0.25) is 4.79 Å². The van der Waals surface area contributed by atoms with Crippen LogP contribution in [0, 0.1) is 0 Å². The maximum Gasteiger partial charge on any atom is 0.305 e. The summed E-state index contributed by atoms with van der Waals surface area (Å²) in [5.41, 5.74) is 1.06. The van der Waals surface area contributed by atoms with Crippen molar-refractivity contribution in [2.24, 2.45) is 5.16 Å². The largest absolute Gasteiger partial charge is 0.469 e. The number of carbonyl (C=O) groups is 1. The van der Waals surface area contributed by atoms with Gasteiger partial charge in [-0.05, 0) is 12.0 Å². The predicted molar refractivity (Wildman–Crippen MR) is 61.0 cm³/mol. The Morgan fingerprint density at radius 2 is 2.12 bits per heavy atom. The molecule has 0 radical (unpaired) electrons. The Bertz CT molecular complexity index is 335. The first-order valence-corrected chi connectivity index (χ1v) is 5.07. The van der Waals surface area contributed by atoms with E-state index in [1.54, 1.807) is 6.21 Å². The monoisotopic (exact) mass is 221 g/mol. The van der Waals surface area contributed by atoms with Gasteiger partial charge in [-0.2, -0.15) is 0 Å². The molecule has 16 heavy (non-hydrogen) atoms. The van der Waals surface area contributed by atoms with Gasteiger partial charge in [-0.25, -0.2) is 0 Å². The Morgan fingerprint density at radius 3 is 2.81 bits per heavy atom. The summed E-state index contributed by atoms with van der Waals surface area (Å²) in [6.45, 7) is 0.440. The average molecular weight is 221 g/mol. The molecule has 0 spiro atoms. The second-order valence-corrected chi connectivity index (χ2v) is 3.16. The quantitative estimate of drug-likeness (QED) is 0.420. The number of oxime groups is 1. The lowest BCUT2D eigenvalue weighted by Gasteiger charge is -1.98. The smallest absolute Gasteiger partial charge is 0.305 e. The van der Waals surface area contributed by atoms with Crippen LogP contribution in [0.25, 0.3) is 0 Å². The highest BCUT2D eigenvalue weighted by Gasteiger charge is 1.96. The van der Waals surface area contributed by atoms with E-state index in [1.807, 2.05) is 30.3 Å². The van der Waals surface area contributed by atoms with E-state index in [9.17, 15) is 4.79 Å². The molecule has 0 atom stereocenters. The number of carbonyl (C=O) groups excluding carboxylic acids is 1. The van der Waals surface area contributed by atoms with Gasteiger partial charge in [-0.1, -0.05) is 35.5 Å². The number of esters is 1. The Hall–Kier alpha value is -1.84. The van der Waals surface area contributed by atoms with Crippen molar-refractivity contribution in [3.63, 3.8) is 0 Å². The fourth-order valence-corrected chi connectivity index (χ4v) is 1.08. The van der Waals surface area contributed by atoms with Crippen molar-refractivity contribution in [2.75, 3.05) is 7.11 Å². The molecule has 0 heterocycles. The normalized spacial score (nSPS) is 10.3. The third kappa shape index (κ3) is 5.14. The van der Waals surface area contributed by atoms with E-state index in [2.05, 4.69) is 9.89 Å². The van der Waals surface area contributed by atoms with Crippen molar-refractivity contribution < 1.29 is 14.4 Å². The molecular weight excluding hydrogens is 206 g/mol. The maximum atomic E-state index is 10.7. The second-order valence-electron chi connectivity index (χ2n) is 3.16. The molecule has 0 unspecified atom stereocenters. The van der Waals surface area contributed by atoms with E-state index >= 15 is 0 Å². The van der Waals surface area contributed by atoms with Crippen molar-refractivity contribution in [1.29, 1.82) is 0 Å². The van der Waals surface area contributed by atoms with Crippen LogP contribution < -0.4 is 0 Å². The zero-order chi connectivity index (χ0) is 11.6. The van der Waals surface area contributed by atoms with E-state index in [-0.39, 0.29) is 5.97 Å². The molecule has 0 bridgehead atoms. The number of hydrogen-bond donors (Lipinski definition) is 0. The van der Waals surface area contributed by atoms with E-state index in [1.165, 1.54) is 7.11 Å². The topological polar surface area (TPSA) is 47.9 Å². The Kier molecular flexibility index (Phi) is 5.70. The molecule has 0 aliphatic rings. The summed E-state index contributed by atoms with van der Waals surface area (Å²) in [6, 6.07) is 9.76. The fourth-order valence-electron chi connectivity index (χ4n) is 1.08. The molecule has 86 valence electrons. The zero-order valence-electron chi connectivity index (χ0n) is 9.26. The number of benzene rings is 1. The van der Waals surface area contributed by atoms with Crippen LogP contribution in [0.3, 0.4) is 0 Å². The van der Waals surface area contributed by atoms with Gasteiger partial charge in [0.05, 0.1) is 13.5 Å². The van der Waals surface area contributed by atoms with Gasteiger partial charge in [0, 0.05) is 6.21 Å². The summed E-state index contributed by atoms with van der Waals surface area (Å²) in [7, 11) is 1.37. The number of nitrogens with zero attached hydrogens (tertiary/aromatic N) is 1. The fraction of sp³-hybridized carbons (Fsp3) is 0.333. The average Bonchev–Trinajstić information content (AvgIpc) is 2.34. The van der Waals surface area contributed by atoms with E-state index < -0.39 is 0 Å². The molecule has 0 amide bonds. The first-order valence-electron chi connectivity index (χ1n) is 5.07. The maximum absolute atomic E-state index is 10.7. The Morgan fingerprint density at radius 1 is 1.38 bits per heavy atom. The second kappa shape index (κ2) is 7.45. The van der Waals surface area contributed by atoms with Gasteiger partial charge >= 0.3 is 5.97 Å². The minimum absolute atomic E-state index is 0.241. The van der Waals surface area contributed by atoms with Gasteiger partial charge in [0.2, 0.25) is 0 Å². The standard InChI is InChI=1S/C12H15NO3/c1-15-12(14)8-5-9-13-16-10-11-6-3-2-4-7-11/h2-4,6-7,9H,5,8,10H2,1H3. The number of ether oxygens (including phenoxy) is 1. The van der Waals surface area contributed by atoms with E-state index in [4.69, 9.17) is 4.84 Å². The third-order valence-electron chi connectivity index (χ3n) is 1.93. The summed E-state index contributed by atoms with van der Waals surface area (Å²) in [6.07, 6.45) is 2.43. The number of rotatable bonds is 6. The molecule has 0 aliphatic carbocycles. The van der Waals surface area contributed by atoms with Crippen molar-refractivity contribution in [3.05, 3.63) is 35.9 Å². The molecule has 0 aliphatic heterocycles. The molecule has 0 fully saturated rings. The summed E-state index contributed by atoms with van der Waals surface area (Å²) in [5, 5.41) is 3.74. The van der Waals surface area contributed by atoms with Gasteiger partial charge in [0.25, 0.3) is 0 Å². The highest BCUT2D eigenvalue weighted by atomic mass is 16.6. The van der Waals surface area contributed by atoms with Crippen LogP contribution in [0.1, 0.15) is 18.4 Å².